The third-order valence-electron chi connectivity index (χ3n) is 4.14. The minimum atomic E-state index is -0.0971. The van der Waals surface area contributed by atoms with E-state index >= 15 is 0 Å². The molecule has 0 spiro atoms. The zero-order valence-electron chi connectivity index (χ0n) is 13.9. The molecule has 1 amide bonds. The van der Waals surface area contributed by atoms with Gasteiger partial charge in [-0.1, -0.05) is 18.2 Å². The van der Waals surface area contributed by atoms with Crippen molar-refractivity contribution < 1.29 is 9.53 Å². The third kappa shape index (κ3) is 4.56. The number of ether oxygens (including phenoxy) is 1. The Kier molecular flexibility index (Phi) is 5.85. The van der Waals surface area contributed by atoms with Gasteiger partial charge in [0.25, 0.3) is 5.91 Å². The highest BCUT2D eigenvalue weighted by molar-refractivity contribution is 7.12. The molecule has 1 fully saturated rings. The van der Waals surface area contributed by atoms with Crippen LogP contribution in [0.3, 0.4) is 0 Å². The molecule has 0 atom stereocenters. The molecule has 0 aliphatic carbocycles. The van der Waals surface area contributed by atoms with Crippen LogP contribution in [0, 0.1) is 0 Å². The second-order valence-corrected chi connectivity index (χ2v) is 6.87. The number of piperazine rings is 1. The van der Waals surface area contributed by atoms with Crippen LogP contribution in [0.2, 0.25) is 0 Å². The summed E-state index contributed by atoms with van der Waals surface area (Å²) >= 11 is 1.43. The average Bonchev–Trinajstić information content (AvgIpc) is 3.13. The first-order valence-corrected chi connectivity index (χ1v) is 9.08. The van der Waals surface area contributed by atoms with Gasteiger partial charge in [-0.2, -0.15) is 0 Å². The van der Waals surface area contributed by atoms with Gasteiger partial charge in [-0.3, -0.25) is 9.69 Å². The largest absolute Gasteiger partial charge is 0.490 e. The van der Waals surface area contributed by atoms with E-state index in [4.69, 9.17) is 4.74 Å². The summed E-state index contributed by atoms with van der Waals surface area (Å²) in [6.07, 6.45) is 0. The topological polar surface area (TPSA) is 44.8 Å². The fourth-order valence-corrected chi connectivity index (χ4v) is 3.26. The number of rotatable bonds is 6. The van der Waals surface area contributed by atoms with E-state index in [9.17, 15) is 4.79 Å². The molecule has 0 unspecified atom stereocenters. The first-order valence-electron chi connectivity index (χ1n) is 8.20. The number of thiophene rings is 1. The summed E-state index contributed by atoms with van der Waals surface area (Å²) in [6, 6.07) is 11.3. The second kappa shape index (κ2) is 8.28. The monoisotopic (exact) mass is 345 g/mol. The molecule has 0 saturated carbocycles. The number of hydrogen-bond acceptors (Lipinski definition) is 5. The van der Waals surface area contributed by atoms with Crippen LogP contribution < -0.4 is 10.1 Å². The summed E-state index contributed by atoms with van der Waals surface area (Å²) in [5.74, 6) is 0.622. The lowest BCUT2D eigenvalue weighted by atomic mass is 10.3. The molecule has 2 aromatic rings. The van der Waals surface area contributed by atoms with Crippen LogP contribution in [0.1, 0.15) is 9.67 Å². The molecule has 0 radical (unpaired) electrons. The average molecular weight is 345 g/mol. The van der Waals surface area contributed by atoms with Gasteiger partial charge in [0.2, 0.25) is 0 Å². The second-order valence-electron chi connectivity index (χ2n) is 5.92. The Morgan fingerprint density at radius 1 is 1.17 bits per heavy atom. The van der Waals surface area contributed by atoms with Gasteiger partial charge in [0, 0.05) is 32.7 Å². The molecule has 3 rings (SSSR count). The first kappa shape index (κ1) is 17.0. The fraction of sp³-hybridized carbons (Fsp3) is 0.389. The smallest absolute Gasteiger partial charge is 0.265 e. The van der Waals surface area contributed by atoms with Crippen LogP contribution in [-0.4, -0.2) is 62.1 Å². The Hall–Kier alpha value is -1.89. The van der Waals surface area contributed by atoms with Crippen molar-refractivity contribution in [3.05, 3.63) is 46.7 Å². The van der Waals surface area contributed by atoms with Crippen molar-refractivity contribution in [2.24, 2.45) is 0 Å². The number of hydrogen-bond donors (Lipinski definition) is 1. The Labute approximate surface area is 146 Å². The molecule has 1 saturated heterocycles. The Bertz CT molecular complexity index is 652. The molecule has 0 bridgehead atoms. The maximum Gasteiger partial charge on any atom is 0.265 e. The predicted octanol–water partition coefficient (Wildman–Crippen LogP) is 2.63. The first-order chi connectivity index (χ1) is 11.7. The van der Waals surface area contributed by atoms with Crippen LogP contribution in [0.5, 0.6) is 5.75 Å². The number of benzene rings is 1. The lowest BCUT2D eigenvalue weighted by Crippen LogP contribution is -2.45. The maximum atomic E-state index is 12.2. The number of carbonyl (C=O) groups is 1. The molecule has 1 N–H and O–H groups in total. The SMILES string of the molecule is CN1CCN(CCOc2ccccc2NC(=O)c2cccs2)CC1. The quantitative estimate of drug-likeness (QED) is 0.874. The number of anilines is 1. The molecule has 1 aliphatic heterocycles. The lowest BCUT2D eigenvalue weighted by Gasteiger charge is -2.32. The van der Waals surface area contributed by atoms with Crippen LogP contribution in [0.4, 0.5) is 5.69 Å². The van der Waals surface area contributed by atoms with Gasteiger partial charge >= 0.3 is 0 Å². The van der Waals surface area contributed by atoms with Crippen molar-refractivity contribution in [2.75, 3.05) is 51.7 Å². The van der Waals surface area contributed by atoms with Crippen LogP contribution in [0.25, 0.3) is 0 Å². The standard InChI is InChI=1S/C18H23N3O2S/c1-20-8-10-21(11-9-20)12-13-23-16-6-3-2-5-15(16)19-18(22)17-7-4-14-24-17/h2-7,14H,8-13H2,1H3,(H,19,22). The zero-order chi connectivity index (χ0) is 16.8. The van der Waals surface area contributed by atoms with E-state index in [1.807, 2.05) is 41.8 Å². The van der Waals surface area contributed by atoms with E-state index in [0.29, 0.717) is 17.2 Å². The summed E-state index contributed by atoms with van der Waals surface area (Å²) in [5, 5.41) is 4.83. The zero-order valence-corrected chi connectivity index (χ0v) is 14.7. The van der Waals surface area contributed by atoms with E-state index in [2.05, 4.69) is 22.2 Å². The van der Waals surface area contributed by atoms with Gasteiger partial charge < -0.3 is 15.0 Å². The van der Waals surface area contributed by atoms with Crippen molar-refractivity contribution >= 4 is 22.9 Å². The fourth-order valence-electron chi connectivity index (χ4n) is 2.64. The van der Waals surface area contributed by atoms with Crippen molar-refractivity contribution in [1.82, 2.24) is 9.80 Å². The normalized spacial score (nSPS) is 16.0. The highest BCUT2D eigenvalue weighted by Gasteiger charge is 2.14. The number of nitrogens with one attached hydrogen (secondary N) is 1. The molecule has 1 aromatic carbocycles. The number of carbonyl (C=O) groups excluding carboxylic acids is 1. The minimum Gasteiger partial charge on any atom is -0.490 e. The van der Waals surface area contributed by atoms with Crippen molar-refractivity contribution in [1.29, 1.82) is 0 Å². The summed E-state index contributed by atoms with van der Waals surface area (Å²) in [7, 11) is 2.15. The van der Waals surface area contributed by atoms with Gasteiger partial charge in [-0.15, -0.1) is 11.3 Å². The molecule has 5 nitrogen and oxygen atoms in total. The molecule has 1 aliphatic rings. The van der Waals surface area contributed by atoms with Gasteiger partial charge in [0.1, 0.15) is 12.4 Å². The van der Waals surface area contributed by atoms with E-state index in [1.165, 1.54) is 11.3 Å². The van der Waals surface area contributed by atoms with Crippen LogP contribution in [-0.2, 0) is 0 Å². The maximum absolute atomic E-state index is 12.2. The van der Waals surface area contributed by atoms with E-state index < -0.39 is 0 Å². The molecule has 128 valence electrons. The van der Waals surface area contributed by atoms with Gasteiger partial charge in [0.05, 0.1) is 10.6 Å². The van der Waals surface area contributed by atoms with Crippen molar-refractivity contribution in [2.45, 2.75) is 0 Å². The van der Waals surface area contributed by atoms with Gasteiger partial charge in [0.15, 0.2) is 0 Å². The molecule has 24 heavy (non-hydrogen) atoms. The number of para-hydroxylation sites is 2. The van der Waals surface area contributed by atoms with Crippen LogP contribution >= 0.6 is 11.3 Å². The number of amides is 1. The van der Waals surface area contributed by atoms with Crippen molar-refractivity contribution in [3.8, 4) is 5.75 Å². The summed E-state index contributed by atoms with van der Waals surface area (Å²) in [6.45, 7) is 5.89. The van der Waals surface area contributed by atoms with Gasteiger partial charge in [-0.05, 0) is 30.6 Å². The lowest BCUT2D eigenvalue weighted by molar-refractivity contribution is 0.102. The molecule has 2 heterocycles. The summed E-state index contributed by atoms with van der Waals surface area (Å²) in [5.41, 5.74) is 0.717. The summed E-state index contributed by atoms with van der Waals surface area (Å²) < 4.78 is 5.92. The van der Waals surface area contributed by atoms with Crippen molar-refractivity contribution in [3.63, 3.8) is 0 Å². The van der Waals surface area contributed by atoms with E-state index in [-0.39, 0.29) is 5.91 Å². The molecule has 1 aromatic heterocycles. The van der Waals surface area contributed by atoms with E-state index in [0.717, 1.165) is 38.5 Å². The Morgan fingerprint density at radius 2 is 1.96 bits per heavy atom. The predicted molar refractivity (Wildman–Crippen MR) is 98.1 cm³/mol. The highest BCUT2D eigenvalue weighted by Crippen LogP contribution is 2.25. The Morgan fingerprint density at radius 3 is 2.71 bits per heavy atom. The molecular formula is C18H23N3O2S. The molecule has 6 heteroatoms. The highest BCUT2D eigenvalue weighted by atomic mass is 32.1. The number of likely N-dealkylation sites (N-methyl/N-ethyl adjacent to an activating group) is 1. The third-order valence-corrected chi connectivity index (χ3v) is 5.01. The summed E-state index contributed by atoms with van der Waals surface area (Å²) in [4.78, 5) is 17.7. The molecular weight excluding hydrogens is 322 g/mol. The van der Waals surface area contributed by atoms with E-state index in [1.54, 1.807) is 0 Å². The minimum absolute atomic E-state index is 0.0971. The number of nitrogens with zero attached hydrogens (tertiary/aromatic N) is 2. The van der Waals surface area contributed by atoms with Gasteiger partial charge in [-0.25, -0.2) is 0 Å². The van der Waals surface area contributed by atoms with Crippen LogP contribution in [0.15, 0.2) is 41.8 Å². The Balaban J connectivity index is 1.53.